The summed E-state index contributed by atoms with van der Waals surface area (Å²) in [6, 6.07) is 7.48. The predicted octanol–water partition coefficient (Wildman–Crippen LogP) is 4.83. The fraction of sp³-hybridized carbons (Fsp3) is 0.520. The zero-order chi connectivity index (χ0) is 21.2. The molecule has 29 heavy (non-hydrogen) atoms. The van der Waals surface area contributed by atoms with E-state index in [1.807, 2.05) is 38.1 Å². The molecule has 4 heteroatoms. The van der Waals surface area contributed by atoms with Crippen LogP contribution >= 0.6 is 0 Å². The Labute approximate surface area is 175 Å². The second-order valence-corrected chi connectivity index (χ2v) is 9.05. The van der Waals surface area contributed by atoms with Gasteiger partial charge in [0, 0.05) is 23.6 Å². The maximum absolute atomic E-state index is 12.7. The summed E-state index contributed by atoms with van der Waals surface area (Å²) in [6.07, 6.45) is 8.42. The van der Waals surface area contributed by atoms with Crippen LogP contribution in [0.4, 0.5) is 5.69 Å². The number of hydroxylamine groups is 1. The van der Waals surface area contributed by atoms with Gasteiger partial charge in [0.05, 0.1) is 5.60 Å². The number of aliphatic hydroxyl groups is 1. The molecule has 0 radical (unpaired) electrons. The molecule has 1 aromatic rings. The van der Waals surface area contributed by atoms with Crippen molar-refractivity contribution in [2.45, 2.75) is 84.5 Å². The van der Waals surface area contributed by atoms with Crippen molar-refractivity contribution in [3.8, 4) is 0 Å². The number of rotatable bonds is 7. The molecule has 2 aliphatic heterocycles. The molecule has 158 valence electrons. The second-order valence-electron chi connectivity index (χ2n) is 9.05. The smallest absolute Gasteiger partial charge is 0.158 e. The molecular formula is C25H35NO3. The monoisotopic (exact) mass is 397 g/mol. The first-order valence-electron chi connectivity index (χ1n) is 10.8. The largest absolute Gasteiger partial charge is 0.628 e. The Morgan fingerprint density at radius 3 is 2.69 bits per heavy atom. The normalized spacial score (nSPS) is 25.8. The van der Waals surface area contributed by atoms with E-state index < -0.39 is 5.60 Å². The summed E-state index contributed by atoms with van der Waals surface area (Å²) in [5.41, 5.74) is 4.61. The van der Waals surface area contributed by atoms with Gasteiger partial charge in [0.25, 0.3) is 0 Å². The highest BCUT2D eigenvalue weighted by molar-refractivity contribution is 5.77. The summed E-state index contributed by atoms with van der Waals surface area (Å²) in [5, 5.41) is 24.0. The summed E-state index contributed by atoms with van der Waals surface area (Å²) in [7, 11) is 0. The molecule has 2 unspecified atom stereocenters. The summed E-state index contributed by atoms with van der Waals surface area (Å²) < 4.78 is 6.20. The third kappa shape index (κ3) is 4.82. The molecule has 4 atom stereocenters. The molecule has 0 spiro atoms. The van der Waals surface area contributed by atoms with Gasteiger partial charge in [-0.05, 0) is 66.4 Å². The Morgan fingerprint density at radius 1 is 1.24 bits per heavy atom. The first-order chi connectivity index (χ1) is 13.7. The number of nitrogens with one attached hydrogen (secondary N) is 1. The SMILES string of the molecule is CC(C)=CCC/C(C)=C/CC[C@](C)(O)[C@H]1CC2=C(O1)C(C)[NH+]([O-])c1ccccc12. The van der Waals surface area contributed by atoms with Crippen LogP contribution in [0.25, 0.3) is 5.57 Å². The van der Waals surface area contributed by atoms with Crippen molar-refractivity contribution in [2.75, 3.05) is 0 Å². The third-order valence-corrected chi connectivity index (χ3v) is 6.19. The van der Waals surface area contributed by atoms with Crippen molar-refractivity contribution in [3.05, 3.63) is 64.1 Å². The molecule has 3 rings (SSSR count). The number of ether oxygens (including phenoxy) is 1. The topological polar surface area (TPSA) is 57.0 Å². The van der Waals surface area contributed by atoms with Gasteiger partial charge in [0.1, 0.15) is 17.8 Å². The lowest BCUT2D eigenvalue weighted by Gasteiger charge is -2.35. The lowest BCUT2D eigenvalue weighted by Crippen LogP contribution is -3.07. The average molecular weight is 398 g/mol. The van der Waals surface area contributed by atoms with Crippen LogP contribution < -0.4 is 5.06 Å². The van der Waals surface area contributed by atoms with E-state index in [4.69, 9.17) is 4.74 Å². The van der Waals surface area contributed by atoms with E-state index in [2.05, 4.69) is 32.9 Å². The number of fused-ring (bicyclic) bond motifs is 2. The van der Waals surface area contributed by atoms with Crippen LogP contribution in [0.3, 0.4) is 0 Å². The van der Waals surface area contributed by atoms with E-state index >= 15 is 0 Å². The van der Waals surface area contributed by atoms with Crippen molar-refractivity contribution >= 4 is 11.3 Å². The van der Waals surface area contributed by atoms with Crippen molar-refractivity contribution in [2.24, 2.45) is 0 Å². The minimum atomic E-state index is -0.939. The standard InChI is InChI=1S/C25H35NO3/c1-17(2)10-8-11-18(3)12-9-15-25(5,27)23-16-21-20-13-6-7-14-22(20)26(28)19(4)24(21)29-23/h6-7,10,12-14,19,23,26-27H,8-9,11,15-16H2,1-5H3/b18-12+/t19?,23-,25+/m1/s1. The van der Waals surface area contributed by atoms with Crippen molar-refractivity contribution in [1.29, 1.82) is 0 Å². The Kier molecular flexibility index (Phi) is 6.67. The zero-order valence-corrected chi connectivity index (χ0v) is 18.4. The van der Waals surface area contributed by atoms with Crippen LogP contribution in [0.15, 0.2) is 53.3 Å². The Bertz CT molecular complexity index is 830. The fourth-order valence-electron chi connectivity index (χ4n) is 4.28. The molecule has 0 aromatic heterocycles. The van der Waals surface area contributed by atoms with Crippen LogP contribution in [0.1, 0.15) is 72.3 Å². The minimum absolute atomic E-state index is 0.106. The molecule has 4 nitrogen and oxygen atoms in total. The Hall–Kier alpha value is -1.88. The molecule has 0 saturated carbocycles. The van der Waals surface area contributed by atoms with Gasteiger partial charge in [-0.25, -0.2) is 0 Å². The van der Waals surface area contributed by atoms with E-state index in [-0.39, 0.29) is 17.2 Å². The fourth-order valence-corrected chi connectivity index (χ4v) is 4.28. The van der Waals surface area contributed by atoms with E-state index in [0.29, 0.717) is 12.8 Å². The highest BCUT2D eigenvalue weighted by atomic mass is 16.5. The van der Waals surface area contributed by atoms with Gasteiger partial charge in [-0.2, -0.15) is 0 Å². The molecular weight excluding hydrogens is 362 g/mol. The minimum Gasteiger partial charge on any atom is -0.628 e. The first kappa shape index (κ1) is 21.8. The van der Waals surface area contributed by atoms with Crippen LogP contribution in [0.5, 0.6) is 0 Å². The molecule has 0 aliphatic carbocycles. The predicted molar refractivity (Wildman–Crippen MR) is 119 cm³/mol. The van der Waals surface area contributed by atoms with E-state index in [0.717, 1.165) is 41.8 Å². The molecule has 0 saturated heterocycles. The number of para-hydroxylation sites is 1. The van der Waals surface area contributed by atoms with Gasteiger partial charge < -0.3 is 20.1 Å². The van der Waals surface area contributed by atoms with Gasteiger partial charge >= 0.3 is 0 Å². The molecule has 2 heterocycles. The highest BCUT2D eigenvalue weighted by Crippen LogP contribution is 2.43. The lowest BCUT2D eigenvalue weighted by molar-refractivity contribution is -0.800. The van der Waals surface area contributed by atoms with Crippen molar-refractivity contribution in [3.63, 3.8) is 0 Å². The van der Waals surface area contributed by atoms with Crippen LogP contribution in [-0.2, 0) is 4.74 Å². The van der Waals surface area contributed by atoms with Gasteiger partial charge in [-0.1, -0.05) is 35.4 Å². The molecule has 2 aliphatic rings. The van der Waals surface area contributed by atoms with Crippen LogP contribution in [0, 0.1) is 5.21 Å². The number of quaternary nitrogens is 1. The van der Waals surface area contributed by atoms with Gasteiger partial charge in [-0.15, -0.1) is 0 Å². The Morgan fingerprint density at radius 2 is 1.97 bits per heavy atom. The summed E-state index contributed by atoms with van der Waals surface area (Å²) in [6.45, 7) is 10.2. The summed E-state index contributed by atoms with van der Waals surface area (Å²) >= 11 is 0. The average Bonchev–Trinajstić information content (AvgIpc) is 3.12. The number of hydrogen-bond donors (Lipinski definition) is 2. The van der Waals surface area contributed by atoms with Crippen LogP contribution in [-0.4, -0.2) is 22.9 Å². The third-order valence-electron chi connectivity index (χ3n) is 6.19. The molecule has 1 aromatic carbocycles. The van der Waals surface area contributed by atoms with E-state index in [9.17, 15) is 10.3 Å². The van der Waals surface area contributed by atoms with Crippen molar-refractivity contribution in [1.82, 2.24) is 0 Å². The maximum Gasteiger partial charge on any atom is 0.158 e. The van der Waals surface area contributed by atoms with E-state index in [1.54, 1.807) is 0 Å². The van der Waals surface area contributed by atoms with Gasteiger partial charge in [0.2, 0.25) is 0 Å². The first-order valence-corrected chi connectivity index (χ1v) is 10.8. The number of hydrogen-bond acceptors (Lipinski definition) is 3. The molecule has 0 bridgehead atoms. The Balaban J connectivity index is 1.63. The maximum atomic E-state index is 12.7. The van der Waals surface area contributed by atoms with Crippen LogP contribution in [0.2, 0.25) is 0 Å². The molecule has 0 amide bonds. The highest BCUT2D eigenvalue weighted by Gasteiger charge is 2.45. The lowest BCUT2D eigenvalue weighted by atomic mass is 9.87. The quantitative estimate of drug-likeness (QED) is 0.512. The molecule has 2 N–H and O–H groups in total. The number of allylic oxidation sites excluding steroid dienone is 4. The summed E-state index contributed by atoms with van der Waals surface area (Å²) in [5.74, 6) is 0.757. The zero-order valence-electron chi connectivity index (χ0n) is 18.4. The van der Waals surface area contributed by atoms with Gasteiger partial charge in [-0.3, -0.25) is 0 Å². The molecule has 0 fully saturated rings. The van der Waals surface area contributed by atoms with Gasteiger partial charge in [0.15, 0.2) is 5.76 Å². The van der Waals surface area contributed by atoms with Crippen molar-refractivity contribution < 1.29 is 14.9 Å². The second kappa shape index (κ2) is 8.86. The van der Waals surface area contributed by atoms with E-state index in [1.165, 1.54) is 11.1 Å². The summed E-state index contributed by atoms with van der Waals surface area (Å²) in [4.78, 5) is 0. The number of benzene rings is 1.